The Bertz CT molecular complexity index is 282. The number of H-pyrrole nitrogens is 1. The third-order valence-corrected chi connectivity index (χ3v) is 1.26. The summed E-state index contributed by atoms with van der Waals surface area (Å²) in [4.78, 5) is 11.2. The number of hydrogen-bond acceptors (Lipinski definition) is 3. The average Bonchev–Trinajstić information content (AvgIpc) is 2.37. The predicted molar refractivity (Wildman–Crippen MR) is 48.6 cm³/mol. The Hall–Kier alpha value is -1.43. The van der Waals surface area contributed by atoms with Crippen molar-refractivity contribution in [1.29, 1.82) is 0 Å². The van der Waals surface area contributed by atoms with Gasteiger partial charge in [-0.25, -0.2) is 0 Å². The van der Waals surface area contributed by atoms with Crippen LogP contribution in [0.3, 0.4) is 0 Å². The molecule has 4 N–H and O–H groups in total. The minimum Gasteiger partial charge on any atom is -0.393 e. The molecule has 64 valence electrons. The second kappa shape index (κ2) is 3.82. The van der Waals surface area contributed by atoms with Crippen LogP contribution in [0.25, 0.3) is 0 Å². The van der Waals surface area contributed by atoms with E-state index in [1.165, 1.54) is 6.20 Å². The molecule has 0 saturated heterocycles. The van der Waals surface area contributed by atoms with Gasteiger partial charge in [0.15, 0.2) is 0 Å². The van der Waals surface area contributed by atoms with Gasteiger partial charge in [-0.2, -0.15) is 5.10 Å². The summed E-state index contributed by atoms with van der Waals surface area (Å²) >= 11 is 4.56. The summed E-state index contributed by atoms with van der Waals surface area (Å²) in [7, 11) is 0. The van der Waals surface area contributed by atoms with E-state index in [9.17, 15) is 4.79 Å². The second-order valence-corrected chi connectivity index (χ2v) is 2.70. The number of rotatable bonds is 3. The number of nitrogens with one attached hydrogen (secondary N) is 2. The molecule has 0 aromatic carbocycles. The zero-order chi connectivity index (χ0) is 8.97. The Kier molecular flexibility index (Phi) is 2.76. The third kappa shape index (κ3) is 2.67. The minimum absolute atomic E-state index is 0.0561. The van der Waals surface area contributed by atoms with Crippen molar-refractivity contribution in [2.45, 2.75) is 6.42 Å². The summed E-state index contributed by atoms with van der Waals surface area (Å²) < 4.78 is 0. The Balaban J connectivity index is 2.42. The Labute approximate surface area is 74.3 Å². The maximum atomic E-state index is 11.0. The summed E-state index contributed by atoms with van der Waals surface area (Å²) in [5.41, 5.74) is 5.78. The van der Waals surface area contributed by atoms with Crippen molar-refractivity contribution in [2.24, 2.45) is 5.73 Å². The lowest BCUT2D eigenvalue weighted by atomic mass is 10.4. The zero-order valence-corrected chi connectivity index (χ0v) is 7.02. The molecular formula is C6H8N4OS. The highest BCUT2D eigenvalue weighted by molar-refractivity contribution is 7.80. The van der Waals surface area contributed by atoms with E-state index in [0.29, 0.717) is 5.69 Å². The van der Waals surface area contributed by atoms with E-state index in [1.807, 2.05) is 0 Å². The number of carbonyl (C=O) groups excluding carboxylic acids is 1. The fourth-order valence-corrected chi connectivity index (χ4v) is 0.814. The molecule has 0 aliphatic rings. The smallest absolute Gasteiger partial charge is 0.231 e. The van der Waals surface area contributed by atoms with E-state index in [2.05, 4.69) is 27.7 Å². The van der Waals surface area contributed by atoms with Gasteiger partial charge in [0, 0.05) is 6.20 Å². The van der Waals surface area contributed by atoms with Crippen LogP contribution in [-0.2, 0) is 4.79 Å². The van der Waals surface area contributed by atoms with Crippen LogP contribution in [0, 0.1) is 0 Å². The van der Waals surface area contributed by atoms with Gasteiger partial charge in [0.05, 0.1) is 23.3 Å². The van der Waals surface area contributed by atoms with Crippen molar-refractivity contribution in [2.75, 3.05) is 5.32 Å². The number of aromatic nitrogens is 2. The standard InChI is InChI=1S/C6H8N4OS/c7-5(12)1-6(11)10-4-2-8-9-3-4/h2-3H,1H2,(H2,7,12)(H,8,9)(H,10,11). The zero-order valence-electron chi connectivity index (χ0n) is 6.20. The highest BCUT2D eigenvalue weighted by Crippen LogP contribution is 2.01. The number of amides is 1. The van der Waals surface area contributed by atoms with E-state index in [0.717, 1.165) is 0 Å². The van der Waals surface area contributed by atoms with Crippen molar-refractivity contribution in [3.8, 4) is 0 Å². The van der Waals surface area contributed by atoms with Crippen molar-refractivity contribution in [3.05, 3.63) is 12.4 Å². The molecule has 1 rings (SSSR count). The molecule has 0 saturated carbocycles. The van der Waals surface area contributed by atoms with E-state index in [4.69, 9.17) is 5.73 Å². The Morgan fingerprint density at radius 2 is 2.58 bits per heavy atom. The number of carbonyl (C=O) groups is 1. The van der Waals surface area contributed by atoms with Gasteiger partial charge in [-0.15, -0.1) is 0 Å². The van der Waals surface area contributed by atoms with Crippen LogP contribution >= 0.6 is 12.2 Å². The molecule has 0 unspecified atom stereocenters. The van der Waals surface area contributed by atoms with E-state index >= 15 is 0 Å². The molecule has 0 aliphatic carbocycles. The summed E-state index contributed by atoms with van der Waals surface area (Å²) in [6, 6.07) is 0. The largest absolute Gasteiger partial charge is 0.393 e. The summed E-state index contributed by atoms with van der Waals surface area (Å²) in [5, 5.41) is 8.76. The first kappa shape index (κ1) is 8.66. The van der Waals surface area contributed by atoms with Gasteiger partial charge in [0.25, 0.3) is 0 Å². The van der Waals surface area contributed by atoms with Crippen LogP contribution in [0.4, 0.5) is 5.69 Å². The summed E-state index contributed by atoms with van der Waals surface area (Å²) in [6.07, 6.45) is 3.12. The summed E-state index contributed by atoms with van der Waals surface area (Å²) in [6.45, 7) is 0. The molecule has 0 bridgehead atoms. The molecule has 0 atom stereocenters. The number of nitrogens with two attached hydrogens (primary N) is 1. The minimum atomic E-state index is -0.232. The molecule has 6 heteroatoms. The van der Waals surface area contributed by atoms with Crippen LogP contribution in [0.5, 0.6) is 0 Å². The number of aromatic amines is 1. The van der Waals surface area contributed by atoms with E-state index in [1.54, 1.807) is 6.20 Å². The van der Waals surface area contributed by atoms with Crippen molar-refractivity contribution < 1.29 is 4.79 Å². The number of hydrogen-bond donors (Lipinski definition) is 3. The molecule has 0 radical (unpaired) electrons. The van der Waals surface area contributed by atoms with Gasteiger partial charge in [0.2, 0.25) is 5.91 Å². The lowest BCUT2D eigenvalue weighted by Gasteiger charge is -1.99. The molecule has 0 aliphatic heterocycles. The maximum absolute atomic E-state index is 11.0. The lowest BCUT2D eigenvalue weighted by molar-refractivity contribution is -0.115. The molecule has 1 heterocycles. The average molecular weight is 184 g/mol. The molecule has 0 spiro atoms. The SMILES string of the molecule is NC(=S)CC(=O)Nc1cn[nH]c1. The topological polar surface area (TPSA) is 83.8 Å². The molecule has 1 aromatic heterocycles. The highest BCUT2D eigenvalue weighted by atomic mass is 32.1. The number of thiocarbonyl (C=S) groups is 1. The summed E-state index contributed by atoms with van der Waals surface area (Å²) in [5.74, 6) is -0.232. The maximum Gasteiger partial charge on any atom is 0.231 e. The van der Waals surface area contributed by atoms with Gasteiger partial charge in [-0.05, 0) is 0 Å². The fraction of sp³-hybridized carbons (Fsp3) is 0.167. The Morgan fingerprint density at radius 1 is 1.83 bits per heavy atom. The Morgan fingerprint density at radius 3 is 3.08 bits per heavy atom. The predicted octanol–water partition coefficient (Wildman–Crippen LogP) is 0.0244. The van der Waals surface area contributed by atoms with Crippen LogP contribution < -0.4 is 11.1 Å². The van der Waals surface area contributed by atoms with Crippen molar-refractivity contribution in [1.82, 2.24) is 10.2 Å². The third-order valence-electron chi connectivity index (χ3n) is 1.12. The molecule has 12 heavy (non-hydrogen) atoms. The van der Waals surface area contributed by atoms with Crippen LogP contribution in [0.2, 0.25) is 0 Å². The normalized spacial score (nSPS) is 9.33. The molecule has 1 aromatic rings. The molecule has 0 fully saturated rings. The fourth-order valence-electron chi connectivity index (χ4n) is 0.683. The number of anilines is 1. The molecule has 5 nitrogen and oxygen atoms in total. The van der Waals surface area contributed by atoms with Crippen LogP contribution in [0.1, 0.15) is 6.42 Å². The first-order valence-corrected chi connectivity index (χ1v) is 3.66. The highest BCUT2D eigenvalue weighted by Gasteiger charge is 2.03. The van der Waals surface area contributed by atoms with E-state index in [-0.39, 0.29) is 17.3 Å². The first-order chi connectivity index (χ1) is 5.68. The first-order valence-electron chi connectivity index (χ1n) is 3.25. The van der Waals surface area contributed by atoms with Crippen molar-refractivity contribution >= 4 is 28.8 Å². The van der Waals surface area contributed by atoms with Crippen LogP contribution in [-0.4, -0.2) is 21.1 Å². The second-order valence-electron chi connectivity index (χ2n) is 2.18. The lowest BCUT2D eigenvalue weighted by Crippen LogP contribution is -2.19. The van der Waals surface area contributed by atoms with Crippen LogP contribution in [0.15, 0.2) is 12.4 Å². The molecule has 1 amide bonds. The van der Waals surface area contributed by atoms with Crippen molar-refractivity contribution in [3.63, 3.8) is 0 Å². The van der Waals surface area contributed by atoms with Gasteiger partial charge >= 0.3 is 0 Å². The van der Waals surface area contributed by atoms with Gasteiger partial charge in [-0.3, -0.25) is 9.89 Å². The quantitative estimate of drug-likeness (QED) is 0.578. The van der Waals surface area contributed by atoms with Gasteiger partial charge in [0.1, 0.15) is 0 Å². The monoisotopic (exact) mass is 184 g/mol. The van der Waals surface area contributed by atoms with Gasteiger partial charge < -0.3 is 11.1 Å². The molecular weight excluding hydrogens is 176 g/mol. The van der Waals surface area contributed by atoms with E-state index < -0.39 is 0 Å². The van der Waals surface area contributed by atoms with Gasteiger partial charge in [-0.1, -0.05) is 12.2 Å². The number of nitrogens with zero attached hydrogens (tertiary/aromatic N) is 1.